The zero-order valence-corrected chi connectivity index (χ0v) is 12.9. The van der Waals surface area contributed by atoms with Gasteiger partial charge in [0.15, 0.2) is 0 Å². The Balaban J connectivity index is 3.04. The van der Waals surface area contributed by atoms with E-state index >= 15 is 0 Å². The smallest absolute Gasteiger partial charge is 0.244 e. The molecule has 1 unspecified atom stereocenters. The highest BCUT2D eigenvalue weighted by atomic mass is 32.2. The lowest BCUT2D eigenvalue weighted by Crippen LogP contribution is -2.38. The number of pyridine rings is 1. The largest absolute Gasteiger partial charge is 0.370 e. The van der Waals surface area contributed by atoms with Crippen molar-refractivity contribution in [3.05, 3.63) is 18.3 Å². The third-order valence-electron chi connectivity index (χ3n) is 3.09. The molecule has 1 atom stereocenters. The maximum absolute atomic E-state index is 12.5. The molecule has 5 nitrogen and oxygen atoms in total. The van der Waals surface area contributed by atoms with E-state index in [2.05, 4.69) is 10.3 Å². The summed E-state index contributed by atoms with van der Waals surface area (Å²) < 4.78 is 26.5. The summed E-state index contributed by atoms with van der Waals surface area (Å²) in [4.78, 5) is 4.37. The summed E-state index contributed by atoms with van der Waals surface area (Å²) >= 11 is 0. The summed E-state index contributed by atoms with van der Waals surface area (Å²) in [6, 6.07) is 3.29. The highest BCUT2D eigenvalue weighted by molar-refractivity contribution is 7.89. The Hall–Kier alpha value is -1.14. The van der Waals surface area contributed by atoms with Crippen molar-refractivity contribution in [2.24, 2.45) is 0 Å². The molecule has 19 heavy (non-hydrogen) atoms. The second-order valence-electron chi connectivity index (χ2n) is 4.38. The molecule has 0 saturated heterocycles. The molecule has 0 fully saturated rings. The second-order valence-corrected chi connectivity index (χ2v) is 6.27. The quantitative estimate of drug-likeness (QED) is 0.835. The summed E-state index contributed by atoms with van der Waals surface area (Å²) in [5, 5.41) is 3.04. The molecule has 0 aliphatic heterocycles. The Morgan fingerprint density at radius 2 is 2.00 bits per heavy atom. The van der Waals surface area contributed by atoms with Crippen LogP contribution in [-0.4, -0.2) is 36.8 Å². The van der Waals surface area contributed by atoms with E-state index in [0.29, 0.717) is 12.4 Å². The van der Waals surface area contributed by atoms with Crippen LogP contribution in [0, 0.1) is 0 Å². The minimum Gasteiger partial charge on any atom is -0.370 e. The van der Waals surface area contributed by atoms with Gasteiger partial charge in [0.05, 0.1) is 0 Å². The molecule has 1 aromatic heterocycles. The summed E-state index contributed by atoms with van der Waals surface area (Å²) in [5.41, 5.74) is 0. The number of anilines is 1. The van der Waals surface area contributed by atoms with Crippen molar-refractivity contribution in [3.8, 4) is 0 Å². The monoisotopic (exact) mass is 285 g/mol. The first-order valence-corrected chi connectivity index (χ1v) is 8.13. The second kappa shape index (κ2) is 6.86. The van der Waals surface area contributed by atoms with Gasteiger partial charge in [0.2, 0.25) is 10.0 Å². The molecule has 0 aliphatic carbocycles. The standard InChI is InChI=1S/C13H23N3O2S/c1-5-11(4)16(7-3)19(17,18)12-8-9-13(14-6-2)15-10-12/h8-11H,5-7H2,1-4H3,(H,14,15). The average molecular weight is 285 g/mol. The molecule has 0 amide bonds. The van der Waals surface area contributed by atoms with E-state index in [4.69, 9.17) is 0 Å². The van der Waals surface area contributed by atoms with Gasteiger partial charge in [0.25, 0.3) is 0 Å². The van der Waals surface area contributed by atoms with Gasteiger partial charge < -0.3 is 5.32 Å². The molecule has 0 aliphatic rings. The fourth-order valence-electron chi connectivity index (χ4n) is 1.88. The number of nitrogens with one attached hydrogen (secondary N) is 1. The maximum atomic E-state index is 12.5. The van der Waals surface area contributed by atoms with Crippen LogP contribution in [0.2, 0.25) is 0 Å². The zero-order valence-electron chi connectivity index (χ0n) is 12.0. The number of rotatable bonds is 7. The van der Waals surface area contributed by atoms with Gasteiger partial charge in [-0.25, -0.2) is 13.4 Å². The van der Waals surface area contributed by atoms with E-state index in [1.54, 1.807) is 12.1 Å². The Morgan fingerprint density at radius 1 is 1.32 bits per heavy atom. The number of hydrogen-bond acceptors (Lipinski definition) is 4. The van der Waals surface area contributed by atoms with Crippen LogP contribution in [0.25, 0.3) is 0 Å². The van der Waals surface area contributed by atoms with Crippen molar-refractivity contribution in [1.29, 1.82) is 0 Å². The maximum Gasteiger partial charge on any atom is 0.244 e. The number of sulfonamides is 1. The SMILES string of the molecule is CCNc1ccc(S(=O)(=O)N(CC)C(C)CC)cn1. The zero-order chi connectivity index (χ0) is 14.5. The number of hydrogen-bond donors (Lipinski definition) is 1. The van der Waals surface area contributed by atoms with E-state index in [0.717, 1.165) is 13.0 Å². The lowest BCUT2D eigenvalue weighted by molar-refractivity contribution is 0.342. The fourth-order valence-corrected chi connectivity index (χ4v) is 3.54. The molecule has 0 saturated carbocycles. The highest BCUT2D eigenvalue weighted by Gasteiger charge is 2.26. The fraction of sp³-hybridized carbons (Fsp3) is 0.615. The van der Waals surface area contributed by atoms with Gasteiger partial charge >= 0.3 is 0 Å². The first-order valence-electron chi connectivity index (χ1n) is 6.69. The average Bonchev–Trinajstić information content (AvgIpc) is 2.40. The van der Waals surface area contributed by atoms with Gasteiger partial charge in [-0.05, 0) is 32.4 Å². The van der Waals surface area contributed by atoms with Crippen LogP contribution in [0.1, 0.15) is 34.1 Å². The normalized spacial score (nSPS) is 13.5. The summed E-state index contributed by atoms with van der Waals surface area (Å²) in [6.45, 7) is 8.94. The molecule has 0 bridgehead atoms. The van der Waals surface area contributed by atoms with Gasteiger partial charge in [-0.3, -0.25) is 0 Å². The predicted molar refractivity (Wildman–Crippen MR) is 77.7 cm³/mol. The Labute approximate surface area is 116 Å². The van der Waals surface area contributed by atoms with E-state index in [9.17, 15) is 8.42 Å². The Bertz CT molecular complexity index is 485. The number of aromatic nitrogens is 1. The minimum atomic E-state index is -3.45. The van der Waals surface area contributed by atoms with Gasteiger partial charge in [-0.2, -0.15) is 4.31 Å². The molecule has 1 rings (SSSR count). The van der Waals surface area contributed by atoms with Crippen molar-refractivity contribution in [2.45, 2.75) is 45.1 Å². The topological polar surface area (TPSA) is 62.3 Å². The molecule has 108 valence electrons. The minimum absolute atomic E-state index is 0.0107. The number of nitrogens with zero attached hydrogens (tertiary/aromatic N) is 2. The Kier molecular flexibility index (Phi) is 5.75. The summed E-state index contributed by atoms with van der Waals surface area (Å²) in [6.07, 6.45) is 2.20. The van der Waals surface area contributed by atoms with Crippen LogP contribution < -0.4 is 5.32 Å². The van der Waals surface area contributed by atoms with Gasteiger partial charge in [0.1, 0.15) is 10.7 Å². The summed E-state index contributed by atoms with van der Waals surface area (Å²) in [5.74, 6) is 0.688. The van der Waals surface area contributed by atoms with Crippen molar-refractivity contribution >= 4 is 15.8 Å². The van der Waals surface area contributed by atoms with Crippen LogP contribution >= 0.6 is 0 Å². The first-order chi connectivity index (χ1) is 8.97. The lowest BCUT2D eigenvalue weighted by Gasteiger charge is -2.26. The third kappa shape index (κ3) is 3.67. The van der Waals surface area contributed by atoms with Crippen molar-refractivity contribution in [3.63, 3.8) is 0 Å². The van der Waals surface area contributed by atoms with Crippen LogP contribution in [0.15, 0.2) is 23.2 Å². The van der Waals surface area contributed by atoms with Gasteiger partial charge in [-0.15, -0.1) is 0 Å². The van der Waals surface area contributed by atoms with Crippen molar-refractivity contribution in [1.82, 2.24) is 9.29 Å². The molecular weight excluding hydrogens is 262 g/mol. The third-order valence-corrected chi connectivity index (χ3v) is 5.17. The highest BCUT2D eigenvalue weighted by Crippen LogP contribution is 2.19. The molecule has 0 spiro atoms. The molecule has 6 heteroatoms. The van der Waals surface area contributed by atoms with Crippen LogP contribution in [-0.2, 0) is 10.0 Å². The van der Waals surface area contributed by atoms with Crippen molar-refractivity contribution in [2.75, 3.05) is 18.4 Å². The summed E-state index contributed by atoms with van der Waals surface area (Å²) in [7, 11) is -3.45. The van der Waals surface area contributed by atoms with Gasteiger partial charge in [-0.1, -0.05) is 13.8 Å². The van der Waals surface area contributed by atoms with E-state index in [1.807, 2.05) is 27.7 Å². The molecular formula is C13H23N3O2S. The molecule has 0 aromatic carbocycles. The van der Waals surface area contributed by atoms with E-state index in [1.165, 1.54) is 10.5 Å². The van der Waals surface area contributed by atoms with Crippen LogP contribution in [0.3, 0.4) is 0 Å². The van der Waals surface area contributed by atoms with E-state index < -0.39 is 10.0 Å². The van der Waals surface area contributed by atoms with Crippen LogP contribution in [0.5, 0.6) is 0 Å². The van der Waals surface area contributed by atoms with E-state index in [-0.39, 0.29) is 10.9 Å². The Morgan fingerprint density at radius 3 is 2.42 bits per heavy atom. The molecule has 1 aromatic rings. The first kappa shape index (κ1) is 15.9. The predicted octanol–water partition coefficient (Wildman–Crippen LogP) is 2.32. The molecule has 1 N–H and O–H groups in total. The van der Waals surface area contributed by atoms with Gasteiger partial charge in [0, 0.05) is 25.3 Å². The molecule has 0 radical (unpaired) electrons. The lowest BCUT2D eigenvalue weighted by atomic mass is 10.3. The van der Waals surface area contributed by atoms with Crippen molar-refractivity contribution < 1.29 is 8.42 Å². The van der Waals surface area contributed by atoms with Crippen LogP contribution in [0.4, 0.5) is 5.82 Å². The molecule has 1 heterocycles.